The van der Waals surface area contributed by atoms with Crippen molar-refractivity contribution in [2.75, 3.05) is 0 Å². The molecule has 0 aliphatic carbocycles. The molecule has 0 bridgehead atoms. The fraction of sp³-hybridized carbons (Fsp3) is 0.255. The summed E-state index contributed by atoms with van der Waals surface area (Å²) in [7, 11) is 2.00. The van der Waals surface area contributed by atoms with Crippen LogP contribution in [0.4, 0.5) is 0 Å². The fourth-order valence-electron chi connectivity index (χ4n) is 3.86. The maximum Gasteiger partial charge on any atom is 0.133 e. The van der Waals surface area contributed by atoms with E-state index in [-0.39, 0.29) is 0 Å². The minimum absolute atomic E-state index is 0.856. The second-order valence-electron chi connectivity index (χ2n) is 14.2. The van der Waals surface area contributed by atoms with Gasteiger partial charge in [0.1, 0.15) is 29.8 Å². The molecule has 13 nitrogen and oxygen atoms in total. The van der Waals surface area contributed by atoms with E-state index >= 15 is 0 Å². The third kappa shape index (κ3) is 36.5. The Hall–Kier alpha value is -6.66. The minimum Gasteiger partial charge on any atom is -0.472 e. The van der Waals surface area contributed by atoms with Gasteiger partial charge in [0.15, 0.2) is 0 Å². The van der Waals surface area contributed by atoms with Crippen molar-refractivity contribution in [3.8, 4) is 0 Å². The van der Waals surface area contributed by atoms with Gasteiger partial charge in [-0.3, -0.25) is 0 Å². The van der Waals surface area contributed by atoms with E-state index in [1.165, 1.54) is 38.0 Å². The third-order valence-electron chi connectivity index (χ3n) is 7.14. The average molecular weight is 1000 g/mol. The van der Waals surface area contributed by atoms with Crippen molar-refractivity contribution in [2.24, 2.45) is 7.05 Å². The van der Waals surface area contributed by atoms with Gasteiger partial charge in [-0.05, 0) is 188 Å². The van der Waals surface area contributed by atoms with E-state index in [4.69, 9.17) is 13.4 Å². The summed E-state index contributed by atoms with van der Waals surface area (Å²) in [5.41, 5.74) is 7.85. The second kappa shape index (κ2) is 38.4. The number of aryl methyl sites for hydroxylation is 13. The smallest absolute Gasteiger partial charge is 0.133 e. The van der Waals surface area contributed by atoms with Gasteiger partial charge in [-0.15, -0.1) is 11.3 Å². The normalized spacial score (nSPS) is 8.96. The molecule has 0 amide bonds. The van der Waals surface area contributed by atoms with E-state index in [1.54, 1.807) is 90.0 Å². The lowest BCUT2D eigenvalue weighted by atomic mass is 10.4. The molecular weight excluding hydrogens is 935 g/mol. The van der Waals surface area contributed by atoms with Crippen LogP contribution in [0.1, 0.15) is 66.4 Å². The van der Waals surface area contributed by atoms with E-state index in [0.717, 1.165) is 39.9 Å². The highest BCUT2D eigenvalue weighted by Crippen LogP contribution is 2.06. The van der Waals surface area contributed by atoms with Gasteiger partial charge in [-0.25, -0.2) is 4.37 Å². The number of thiophene rings is 2. The molecule has 68 heavy (non-hydrogen) atoms. The van der Waals surface area contributed by atoms with Crippen molar-refractivity contribution in [1.82, 2.24) is 33.9 Å². The first kappa shape index (κ1) is 59.4. The molecule has 11 aromatic heterocycles. The first-order valence-corrected chi connectivity index (χ1v) is 24.4. The number of hydrogen-bond donors (Lipinski definition) is 0. The van der Waals surface area contributed by atoms with Crippen molar-refractivity contribution >= 4 is 45.7 Å². The molecule has 0 aliphatic heterocycles. The molecule has 17 heteroatoms. The maximum atomic E-state index is 4.83. The monoisotopic (exact) mass is 999 g/mol. The molecule has 0 saturated carbocycles. The summed E-state index contributed by atoms with van der Waals surface area (Å²) < 4.78 is 37.7. The number of aromatic nitrogens is 7. The lowest BCUT2D eigenvalue weighted by Crippen LogP contribution is -1.75. The second-order valence-corrected chi connectivity index (χ2v) is 17.8. The van der Waals surface area contributed by atoms with Gasteiger partial charge < -0.3 is 31.5 Å². The summed E-state index contributed by atoms with van der Waals surface area (Å²) in [5, 5.41) is 22.4. The number of hydrogen-bond acceptors (Lipinski definition) is 16. The predicted molar refractivity (Wildman–Crippen MR) is 279 cm³/mol. The summed E-state index contributed by atoms with van der Waals surface area (Å²) >= 11 is 6.56. The first-order valence-electron chi connectivity index (χ1n) is 20.9. The predicted octanol–water partition coefficient (Wildman–Crippen LogP) is 15.8. The van der Waals surface area contributed by atoms with Crippen molar-refractivity contribution < 1.29 is 26.9 Å². The molecule has 0 N–H and O–H groups in total. The van der Waals surface area contributed by atoms with Crippen LogP contribution in [0.2, 0.25) is 0 Å². The first-order chi connectivity index (χ1) is 32.6. The van der Waals surface area contributed by atoms with Crippen molar-refractivity contribution in [3.05, 3.63) is 223 Å². The average Bonchev–Trinajstić information content (AvgIpc) is 4.13. The van der Waals surface area contributed by atoms with Gasteiger partial charge in [0.25, 0.3) is 0 Å². The standard InChI is InChI=1S/C5H7NO.C5H7NS.C5H7N.2C5H6O.2C5H6S.3C4H5NO.C4H5NS/c2*1-4-3-5(2)7-6-4;1-6-4-2-3-5-6;1-5-2-3-6-4-5;1-5-3-2-4-6-5;1-5-2-3-6-4-5;1-5-3-2-4-6-5;1-4-2-5-6-3-4;1-4-2-3-6-5-4;1-4-2-3-5-6-4;1-4-2-5-6-3-4/h2*3H,1-2H3;2-5H,1H3;4*2-4H,1H3;4*2-3H,1H3. The van der Waals surface area contributed by atoms with Crippen LogP contribution in [0.3, 0.4) is 0 Å². The Morgan fingerprint density at radius 1 is 0.529 bits per heavy atom. The lowest BCUT2D eigenvalue weighted by molar-refractivity contribution is 0.393. The summed E-state index contributed by atoms with van der Waals surface area (Å²) in [4.78, 5) is 2.67. The van der Waals surface area contributed by atoms with E-state index < -0.39 is 0 Å². The Labute approximate surface area is 417 Å². The molecule has 0 aromatic carbocycles. The van der Waals surface area contributed by atoms with Crippen LogP contribution in [0.15, 0.2) is 184 Å². The Kier molecular flexibility index (Phi) is 33.6. The zero-order valence-electron chi connectivity index (χ0n) is 41.2. The van der Waals surface area contributed by atoms with Gasteiger partial charge >= 0.3 is 0 Å². The van der Waals surface area contributed by atoms with E-state index in [1.807, 2.05) is 134 Å². The van der Waals surface area contributed by atoms with Crippen LogP contribution in [0.5, 0.6) is 0 Å². The highest BCUT2D eigenvalue weighted by Gasteiger charge is 1.89. The molecule has 0 aliphatic rings. The van der Waals surface area contributed by atoms with Crippen LogP contribution in [-0.2, 0) is 7.05 Å². The molecule has 0 unspecified atom stereocenters. The largest absolute Gasteiger partial charge is 0.472 e. The molecule has 0 fully saturated rings. The molecule has 0 spiro atoms. The number of rotatable bonds is 0. The molecular formula is C51H65N7O6S4. The van der Waals surface area contributed by atoms with Gasteiger partial charge in [-0.1, -0.05) is 26.7 Å². The zero-order chi connectivity index (χ0) is 50.2. The Morgan fingerprint density at radius 3 is 1.47 bits per heavy atom. The molecule has 0 atom stereocenters. The SMILES string of the molecule is Cc1cc(C)on1.Cc1cc(C)sn1.Cc1ccco1.Cc1cccs1.Cc1ccno1.Cc1ccoc1.Cc1ccon1.Cc1ccsc1.Cc1cnoc1.Cc1cnsc1.Cn1cccc1. The third-order valence-corrected chi connectivity index (χ3v) is 10.2. The Morgan fingerprint density at radius 2 is 1.31 bits per heavy atom. The molecule has 0 radical (unpaired) electrons. The van der Waals surface area contributed by atoms with Crippen molar-refractivity contribution in [2.45, 2.75) is 83.1 Å². The van der Waals surface area contributed by atoms with Gasteiger partial charge in [0.2, 0.25) is 0 Å². The van der Waals surface area contributed by atoms with E-state index in [0.29, 0.717) is 0 Å². The zero-order valence-corrected chi connectivity index (χ0v) is 44.5. The van der Waals surface area contributed by atoms with Crippen LogP contribution in [0, 0.1) is 83.1 Å². The van der Waals surface area contributed by atoms with Crippen LogP contribution < -0.4 is 0 Å². The number of nitrogens with zero attached hydrogens (tertiary/aromatic N) is 7. The van der Waals surface area contributed by atoms with E-state index in [9.17, 15) is 0 Å². The van der Waals surface area contributed by atoms with Crippen molar-refractivity contribution in [1.29, 1.82) is 0 Å². The van der Waals surface area contributed by atoms with Gasteiger partial charge in [0.05, 0.1) is 48.3 Å². The summed E-state index contributed by atoms with van der Waals surface area (Å²) in [6, 6.07) is 23.5. The molecule has 11 aromatic rings. The lowest BCUT2D eigenvalue weighted by Gasteiger charge is -1.79. The topological polar surface area (TPSA) is 161 Å². The van der Waals surface area contributed by atoms with Crippen LogP contribution in [0.25, 0.3) is 0 Å². The molecule has 0 saturated heterocycles. The number of furan rings is 2. The maximum absolute atomic E-state index is 4.83. The molecule has 11 rings (SSSR count). The highest BCUT2D eigenvalue weighted by atomic mass is 32.1. The molecule has 11 heterocycles. The summed E-state index contributed by atoms with van der Waals surface area (Å²) in [6.45, 7) is 23.6. The van der Waals surface area contributed by atoms with Crippen LogP contribution in [-0.4, -0.2) is 33.9 Å². The van der Waals surface area contributed by atoms with Gasteiger partial charge in [0, 0.05) is 64.5 Å². The summed E-state index contributed by atoms with van der Waals surface area (Å²) in [6.07, 6.45) is 17.3. The Balaban J connectivity index is 0.000000374. The quantitative estimate of drug-likeness (QED) is 0.142. The highest BCUT2D eigenvalue weighted by molar-refractivity contribution is 7.09. The molecule has 364 valence electrons. The minimum atomic E-state index is 0.856. The summed E-state index contributed by atoms with van der Waals surface area (Å²) in [5.74, 6) is 2.70. The van der Waals surface area contributed by atoms with Crippen LogP contribution >= 0.6 is 45.7 Å². The van der Waals surface area contributed by atoms with Gasteiger partial charge in [-0.2, -0.15) is 15.7 Å². The Bertz CT molecular complexity index is 2050. The van der Waals surface area contributed by atoms with E-state index in [2.05, 4.69) is 104 Å². The fourth-order valence-corrected chi connectivity index (χ4v) is 6.13. The van der Waals surface area contributed by atoms with Crippen molar-refractivity contribution in [3.63, 3.8) is 0 Å².